The predicted octanol–water partition coefficient (Wildman–Crippen LogP) is 2.29. The summed E-state index contributed by atoms with van der Waals surface area (Å²) in [6, 6.07) is 9.92. The zero-order valence-electron chi connectivity index (χ0n) is 12.0. The van der Waals surface area contributed by atoms with Crippen LogP contribution in [0.1, 0.15) is 23.7 Å². The maximum Gasteiger partial charge on any atom is 0.136 e. The van der Waals surface area contributed by atoms with E-state index in [1.54, 1.807) is 30.3 Å². The van der Waals surface area contributed by atoms with Gasteiger partial charge in [0.15, 0.2) is 0 Å². The molecule has 0 aromatic heterocycles. The summed E-state index contributed by atoms with van der Waals surface area (Å²) in [7, 11) is 1.51. The van der Waals surface area contributed by atoms with E-state index in [-0.39, 0.29) is 17.6 Å². The molecule has 1 aliphatic rings. The van der Waals surface area contributed by atoms with Crippen LogP contribution in [0.25, 0.3) is 0 Å². The van der Waals surface area contributed by atoms with E-state index in [1.165, 1.54) is 13.2 Å². The van der Waals surface area contributed by atoms with Gasteiger partial charge in [0.25, 0.3) is 0 Å². The Morgan fingerprint density at radius 2 is 1.95 bits per heavy atom. The second-order valence-corrected chi connectivity index (χ2v) is 5.00. The van der Waals surface area contributed by atoms with Gasteiger partial charge >= 0.3 is 0 Å². The Morgan fingerprint density at radius 1 is 1.23 bits per heavy atom. The van der Waals surface area contributed by atoms with Crippen molar-refractivity contribution in [1.82, 2.24) is 0 Å². The van der Waals surface area contributed by atoms with Crippen LogP contribution < -0.4 is 15.3 Å². The fourth-order valence-corrected chi connectivity index (χ4v) is 2.54. The molecule has 2 aromatic carbocycles. The molecule has 0 radical (unpaired) electrons. The van der Waals surface area contributed by atoms with Gasteiger partial charge in [0.05, 0.1) is 18.4 Å². The molecule has 3 rings (SSSR count). The van der Waals surface area contributed by atoms with Crippen LogP contribution in [0, 0.1) is 0 Å². The molecule has 114 valence electrons. The summed E-state index contributed by atoms with van der Waals surface area (Å²) in [6.45, 7) is 0. The number of phenolic OH excluding ortho intramolecular Hbond substituents is 2. The number of fused-ring (bicyclic) bond motifs is 1. The number of ether oxygens (including phenoxy) is 2. The lowest BCUT2D eigenvalue weighted by atomic mass is 9.94. The quantitative estimate of drug-likeness (QED) is 0.584. The van der Waals surface area contributed by atoms with E-state index in [0.29, 0.717) is 29.2 Å². The van der Waals surface area contributed by atoms with E-state index >= 15 is 0 Å². The fraction of sp³-hybridized carbons (Fsp3) is 0.188. The lowest BCUT2D eigenvalue weighted by Gasteiger charge is -2.28. The Balaban J connectivity index is 2.04. The van der Waals surface area contributed by atoms with Crippen molar-refractivity contribution in [2.24, 2.45) is 10.9 Å². The summed E-state index contributed by atoms with van der Waals surface area (Å²) < 4.78 is 11.1. The van der Waals surface area contributed by atoms with Gasteiger partial charge in [-0.3, -0.25) is 0 Å². The molecule has 2 aromatic rings. The highest BCUT2D eigenvalue weighted by atomic mass is 16.5. The van der Waals surface area contributed by atoms with Crippen molar-refractivity contribution in [3.63, 3.8) is 0 Å². The summed E-state index contributed by atoms with van der Waals surface area (Å²) in [5, 5.41) is 23.3. The van der Waals surface area contributed by atoms with E-state index in [4.69, 9.17) is 15.3 Å². The first-order valence-electron chi connectivity index (χ1n) is 6.76. The molecular weight excluding hydrogens is 284 g/mol. The Morgan fingerprint density at radius 3 is 2.59 bits per heavy atom. The van der Waals surface area contributed by atoms with E-state index in [2.05, 4.69) is 5.10 Å². The molecule has 0 fully saturated rings. The number of aromatic hydroxyl groups is 2. The Hall–Kier alpha value is -2.89. The largest absolute Gasteiger partial charge is 0.508 e. The number of hydrogen-bond acceptors (Lipinski definition) is 6. The lowest BCUT2D eigenvalue weighted by Crippen LogP contribution is -2.22. The van der Waals surface area contributed by atoms with Crippen molar-refractivity contribution in [2.75, 3.05) is 7.11 Å². The molecule has 6 heteroatoms. The zero-order valence-corrected chi connectivity index (χ0v) is 12.0. The minimum Gasteiger partial charge on any atom is -0.508 e. The fourth-order valence-electron chi connectivity index (χ4n) is 2.54. The SMILES string of the molecule is COc1cc(O)c2c(c1)O[C@H](c1ccc(O)cc1)C/C2=N\N. The van der Waals surface area contributed by atoms with Crippen LogP contribution in [0.5, 0.6) is 23.0 Å². The van der Waals surface area contributed by atoms with Crippen molar-refractivity contribution >= 4 is 5.71 Å². The van der Waals surface area contributed by atoms with Crippen LogP contribution in [0.2, 0.25) is 0 Å². The predicted molar refractivity (Wildman–Crippen MR) is 81.5 cm³/mol. The number of methoxy groups -OCH3 is 1. The van der Waals surface area contributed by atoms with Crippen LogP contribution in [0.3, 0.4) is 0 Å². The first kappa shape index (κ1) is 14.1. The number of nitrogens with two attached hydrogens (primary N) is 1. The third kappa shape index (κ3) is 2.39. The standard InChI is InChI=1S/C16H16N2O4/c1-21-11-6-13(20)16-12(18-17)8-14(22-15(16)7-11)9-2-4-10(19)5-3-9/h2-7,14,19-20H,8,17H2,1H3/b18-12+/t14-/m0/s1. The van der Waals surface area contributed by atoms with Crippen LogP contribution >= 0.6 is 0 Å². The second-order valence-electron chi connectivity index (χ2n) is 5.00. The van der Waals surface area contributed by atoms with Gasteiger partial charge in [0.2, 0.25) is 0 Å². The van der Waals surface area contributed by atoms with E-state index in [0.717, 1.165) is 5.56 Å². The molecule has 1 aliphatic heterocycles. The smallest absolute Gasteiger partial charge is 0.136 e. The maximum absolute atomic E-state index is 10.1. The molecule has 22 heavy (non-hydrogen) atoms. The highest BCUT2D eigenvalue weighted by molar-refractivity contribution is 6.06. The van der Waals surface area contributed by atoms with Gasteiger partial charge in [-0.05, 0) is 17.7 Å². The number of rotatable bonds is 2. The van der Waals surface area contributed by atoms with E-state index in [9.17, 15) is 10.2 Å². The summed E-state index contributed by atoms with van der Waals surface area (Å²) in [4.78, 5) is 0. The Bertz CT molecular complexity index is 726. The second kappa shape index (κ2) is 5.48. The van der Waals surface area contributed by atoms with E-state index in [1.807, 2.05) is 0 Å². The molecule has 4 N–H and O–H groups in total. The number of nitrogens with zero attached hydrogens (tertiary/aromatic N) is 1. The Kier molecular flexibility index (Phi) is 3.50. The van der Waals surface area contributed by atoms with Gasteiger partial charge in [-0.2, -0.15) is 5.10 Å². The minimum absolute atomic E-state index is 0.0164. The molecule has 1 heterocycles. The molecule has 0 saturated heterocycles. The minimum atomic E-state index is -0.304. The van der Waals surface area contributed by atoms with Gasteiger partial charge in [-0.15, -0.1) is 0 Å². The average molecular weight is 300 g/mol. The van der Waals surface area contributed by atoms with Crippen molar-refractivity contribution in [3.05, 3.63) is 47.5 Å². The van der Waals surface area contributed by atoms with E-state index < -0.39 is 0 Å². The zero-order chi connectivity index (χ0) is 15.7. The van der Waals surface area contributed by atoms with Crippen molar-refractivity contribution in [2.45, 2.75) is 12.5 Å². The molecule has 0 aliphatic carbocycles. The third-order valence-corrected chi connectivity index (χ3v) is 3.65. The van der Waals surface area contributed by atoms with Gasteiger partial charge in [0.1, 0.15) is 29.1 Å². The summed E-state index contributed by atoms with van der Waals surface area (Å²) in [5.74, 6) is 6.62. The monoisotopic (exact) mass is 300 g/mol. The number of benzene rings is 2. The van der Waals surface area contributed by atoms with Crippen LogP contribution in [0.15, 0.2) is 41.5 Å². The highest BCUT2D eigenvalue weighted by Gasteiger charge is 2.29. The maximum atomic E-state index is 10.1. The van der Waals surface area contributed by atoms with Crippen LogP contribution in [-0.4, -0.2) is 23.0 Å². The first-order valence-corrected chi connectivity index (χ1v) is 6.76. The number of hydrogen-bond donors (Lipinski definition) is 3. The highest BCUT2D eigenvalue weighted by Crippen LogP contribution is 2.42. The van der Waals surface area contributed by atoms with Gasteiger partial charge in [0, 0.05) is 18.6 Å². The number of phenols is 2. The van der Waals surface area contributed by atoms with Crippen molar-refractivity contribution in [3.8, 4) is 23.0 Å². The molecule has 0 saturated carbocycles. The molecule has 6 nitrogen and oxygen atoms in total. The van der Waals surface area contributed by atoms with Gasteiger partial charge in [-0.25, -0.2) is 0 Å². The lowest BCUT2D eigenvalue weighted by molar-refractivity contribution is 0.204. The molecule has 1 atom stereocenters. The molecule has 0 unspecified atom stereocenters. The topological polar surface area (TPSA) is 97.3 Å². The van der Waals surface area contributed by atoms with Gasteiger partial charge < -0.3 is 25.5 Å². The average Bonchev–Trinajstić information content (AvgIpc) is 2.54. The molecule has 0 bridgehead atoms. The van der Waals surface area contributed by atoms with Gasteiger partial charge in [-0.1, -0.05) is 12.1 Å². The van der Waals surface area contributed by atoms with Crippen molar-refractivity contribution < 1.29 is 19.7 Å². The molecular formula is C16H16N2O4. The normalized spacial score (nSPS) is 18.6. The third-order valence-electron chi connectivity index (χ3n) is 3.65. The summed E-state index contributed by atoms with van der Waals surface area (Å²) in [6.07, 6.45) is 0.121. The summed E-state index contributed by atoms with van der Waals surface area (Å²) in [5.41, 5.74) is 1.92. The number of hydrazone groups is 1. The Labute approximate surface area is 127 Å². The summed E-state index contributed by atoms with van der Waals surface area (Å²) >= 11 is 0. The van der Waals surface area contributed by atoms with Crippen LogP contribution in [-0.2, 0) is 0 Å². The molecule has 0 amide bonds. The molecule has 0 spiro atoms. The first-order chi connectivity index (χ1) is 10.6. The van der Waals surface area contributed by atoms with Crippen LogP contribution in [0.4, 0.5) is 0 Å². The van der Waals surface area contributed by atoms with Crippen molar-refractivity contribution in [1.29, 1.82) is 0 Å².